The molecule has 0 saturated carbocycles. The number of aliphatic hydroxyl groups is 1. The zero-order valence-electron chi connectivity index (χ0n) is 11.5. The summed E-state index contributed by atoms with van der Waals surface area (Å²) >= 11 is 1.53. The molecule has 6 heteroatoms. The molecule has 2 unspecified atom stereocenters. The molecule has 2 amide bonds. The van der Waals surface area contributed by atoms with Gasteiger partial charge in [0.25, 0.3) is 0 Å². The molecule has 2 atom stereocenters. The molecule has 20 heavy (non-hydrogen) atoms. The SMILES string of the molecule is O=C(NCCC1CCCCO1)NCC(O)c1ccsc1. The van der Waals surface area contributed by atoms with E-state index in [0.717, 1.165) is 31.4 Å². The smallest absolute Gasteiger partial charge is 0.314 e. The molecule has 1 fully saturated rings. The first-order valence-corrected chi connectivity index (χ1v) is 8.03. The number of ether oxygens (including phenoxy) is 1. The van der Waals surface area contributed by atoms with Crippen LogP contribution in [-0.4, -0.2) is 36.9 Å². The van der Waals surface area contributed by atoms with Gasteiger partial charge in [0, 0.05) is 19.7 Å². The quantitative estimate of drug-likeness (QED) is 0.752. The third-order valence-corrected chi connectivity index (χ3v) is 4.11. The molecule has 1 aliphatic rings. The van der Waals surface area contributed by atoms with Crippen molar-refractivity contribution in [2.75, 3.05) is 19.7 Å². The molecule has 1 aromatic rings. The number of urea groups is 1. The number of nitrogens with one attached hydrogen (secondary N) is 2. The molecule has 0 radical (unpaired) electrons. The van der Waals surface area contributed by atoms with Crippen molar-refractivity contribution >= 4 is 17.4 Å². The summed E-state index contributed by atoms with van der Waals surface area (Å²) in [6.07, 6.45) is 3.92. The predicted octanol–water partition coefficient (Wildman–Crippen LogP) is 2.04. The number of hydrogen-bond acceptors (Lipinski definition) is 4. The van der Waals surface area contributed by atoms with Crippen molar-refractivity contribution in [2.45, 2.75) is 37.9 Å². The third kappa shape index (κ3) is 5.11. The summed E-state index contributed by atoms with van der Waals surface area (Å²) in [6.45, 7) is 1.66. The first kappa shape index (κ1) is 15.3. The van der Waals surface area contributed by atoms with Gasteiger partial charge in [-0.2, -0.15) is 11.3 Å². The molecule has 1 aliphatic heterocycles. The van der Waals surface area contributed by atoms with Crippen LogP contribution in [0.2, 0.25) is 0 Å². The fourth-order valence-electron chi connectivity index (χ4n) is 2.22. The van der Waals surface area contributed by atoms with Crippen LogP contribution in [-0.2, 0) is 4.74 Å². The topological polar surface area (TPSA) is 70.6 Å². The van der Waals surface area contributed by atoms with Crippen LogP contribution in [0.4, 0.5) is 4.79 Å². The van der Waals surface area contributed by atoms with Crippen LogP contribution in [0.25, 0.3) is 0 Å². The number of carbonyl (C=O) groups is 1. The number of carbonyl (C=O) groups excluding carboxylic acids is 1. The highest BCUT2D eigenvalue weighted by molar-refractivity contribution is 7.07. The standard InChI is InChI=1S/C14H22N2O3S/c17-13(11-5-8-20-10-11)9-16-14(18)15-6-4-12-3-1-2-7-19-12/h5,8,10,12-13,17H,1-4,6-7,9H2,(H2,15,16,18). The van der Waals surface area contributed by atoms with Crippen LogP contribution in [0.1, 0.15) is 37.4 Å². The van der Waals surface area contributed by atoms with E-state index < -0.39 is 6.10 Å². The zero-order valence-corrected chi connectivity index (χ0v) is 12.3. The second-order valence-corrected chi connectivity index (χ2v) is 5.77. The molecule has 112 valence electrons. The van der Waals surface area contributed by atoms with Crippen LogP contribution in [0.3, 0.4) is 0 Å². The van der Waals surface area contributed by atoms with Gasteiger partial charge in [-0.25, -0.2) is 4.79 Å². The number of amides is 2. The van der Waals surface area contributed by atoms with Gasteiger partial charge in [-0.1, -0.05) is 0 Å². The second-order valence-electron chi connectivity index (χ2n) is 4.99. The molecule has 2 heterocycles. The molecular formula is C14H22N2O3S. The number of aliphatic hydroxyl groups excluding tert-OH is 1. The van der Waals surface area contributed by atoms with E-state index in [1.54, 1.807) is 0 Å². The first-order valence-electron chi connectivity index (χ1n) is 7.09. The lowest BCUT2D eigenvalue weighted by atomic mass is 10.1. The van der Waals surface area contributed by atoms with E-state index in [9.17, 15) is 9.90 Å². The highest BCUT2D eigenvalue weighted by Gasteiger charge is 2.14. The Labute approximate surface area is 123 Å². The molecule has 5 nitrogen and oxygen atoms in total. The summed E-state index contributed by atoms with van der Waals surface area (Å²) in [7, 11) is 0. The average molecular weight is 298 g/mol. The minimum atomic E-state index is -0.645. The van der Waals surface area contributed by atoms with Crippen LogP contribution in [0, 0.1) is 0 Å². The van der Waals surface area contributed by atoms with Gasteiger partial charge in [-0.15, -0.1) is 0 Å². The molecule has 2 rings (SSSR count). The molecule has 3 N–H and O–H groups in total. The van der Waals surface area contributed by atoms with Crippen LogP contribution in [0.5, 0.6) is 0 Å². The Bertz CT molecular complexity index is 391. The van der Waals surface area contributed by atoms with E-state index in [-0.39, 0.29) is 18.7 Å². The zero-order chi connectivity index (χ0) is 14.2. The maximum Gasteiger partial charge on any atom is 0.314 e. The minimum Gasteiger partial charge on any atom is -0.387 e. The molecule has 0 aromatic carbocycles. The Morgan fingerprint density at radius 1 is 1.50 bits per heavy atom. The summed E-state index contributed by atoms with van der Waals surface area (Å²) in [4.78, 5) is 11.6. The Morgan fingerprint density at radius 2 is 2.40 bits per heavy atom. The average Bonchev–Trinajstić information content (AvgIpc) is 3.00. The number of rotatable bonds is 6. The number of thiophene rings is 1. The van der Waals surface area contributed by atoms with Crippen molar-refractivity contribution in [3.8, 4) is 0 Å². The Balaban J connectivity index is 1.56. The fraction of sp³-hybridized carbons (Fsp3) is 0.643. The Kier molecular flexibility index (Phi) is 6.29. The van der Waals surface area contributed by atoms with Crippen molar-refractivity contribution < 1.29 is 14.6 Å². The van der Waals surface area contributed by atoms with Gasteiger partial charge in [0.15, 0.2) is 0 Å². The van der Waals surface area contributed by atoms with E-state index in [2.05, 4.69) is 10.6 Å². The van der Waals surface area contributed by atoms with Crippen molar-refractivity contribution in [3.05, 3.63) is 22.4 Å². The van der Waals surface area contributed by atoms with Crippen molar-refractivity contribution in [1.29, 1.82) is 0 Å². The van der Waals surface area contributed by atoms with E-state index in [1.807, 2.05) is 16.8 Å². The van der Waals surface area contributed by atoms with Crippen LogP contribution < -0.4 is 10.6 Å². The van der Waals surface area contributed by atoms with Gasteiger partial charge >= 0.3 is 6.03 Å². The highest BCUT2D eigenvalue weighted by atomic mass is 32.1. The monoisotopic (exact) mass is 298 g/mol. The van der Waals surface area contributed by atoms with E-state index in [1.165, 1.54) is 17.8 Å². The number of hydrogen-bond donors (Lipinski definition) is 3. The lowest BCUT2D eigenvalue weighted by Gasteiger charge is -2.22. The lowest BCUT2D eigenvalue weighted by molar-refractivity contribution is 0.0120. The van der Waals surface area contributed by atoms with Crippen molar-refractivity contribution in [1.82, 2.24) is 10.6 Å². The maximum atomic E-state index is 11.6. The summed E-state index contributed by atoms with van der Waals surface area (Å²) in [5.74, 6) is 0. The van der Waals surface area contributed by atoms with Crippen molar-refractivity contribution in [3.63, 3.8) is 0 Å². The normalized spacial score (nSPS) is 20.4. The van der Waals surface area contributed by atoms with Gasteiger partial charge in [0.1, 0.15) is 0 Å². The molecule has 1 saturated heterocycles. The summed E-state index contributed by atoms with van der Waals surface area (Å²) in [5, 5.41) is 19.1. The van der Waals surface area contributed by atoms with E-state index in [4.69, 9.17) is 4.74 Å². The third-order valence-electron chi connectivity index (χ3n) is 3.41. The lowest BCUT2D eigenvalue weighted by Crippen LogP contribution is -2.39. The summed E-state index contributed by atoms with van der Waals surface area (Å²) in [6, 6.07) is 1.62. The van der Waals surface area contributed by atoms with Gasteiger partial charge in [-0.3, -0.25) is 0 Å². The Hall–Kier alpha value is -1.11. The summed E-state index contributed by atoms with van der Waals surface area (Å²) in [5.41, 5.74) is 0.839. The van der Waals surface area contributed by atoms with Crippen LogP contribution in [0.15, 0.2) is 16.8 Å². The molecule has 0 spiro atoms. The highest BCUT2D eigenvalue weighted by Crippen LogP contribution is 2.15. The van der Waals surface area contributed by atoms with Gasteiger partial charge < -0.3 is 20.5 Å². The molecule has 0 bridgehead atoms. The molecule has 1 aromatic heterocycles. The molecular weight excluding hydrogens is 276 g/mol. The minimum absolute atomic E-state index is 0.225. The first-order chi connectivity index (χ1) is 9.75. The molecule has 0 aliphatic carbocycles. The predicted molar refractivity (Wildman–Crippen MR) is 78.9 cm³/mol. The van der Waals surface area contributed by atoms with Crippen molar-refractivity contribution in [2.24, 2.45) is 0 Å². The van der Waals surface area contributed by atoms with Gasteiger partial charge in [0.2, 0.25) is 0 Å². The second kappa shape index (κ2) is 8.24. The van der Waals surface area contributed by atoms with E-state index in [0.29, 0.717) is 6.54 Å². The van der Waals surface area contributed by atoms with Gasteiger partial charge in [0.05, 0.1) is 12.2 Å². The van der Waals surface area contributed by atoms with Gasteiger partial charge in [-0.05, 0) is 48.1 Å². The largest absolute Gasteiger partial charge is 0.387 e. The summed E-state index contributed by atoms with van der Waals surface area (Å²) < 4.78 is 5.60. The van der Waals surface area contributed by atoms with Crippen LogP contribution >= 0.6 is 11.3 Å². The van der Waals surface area contributed by atoms with E-state index >= 15 is 0 Å². The fourth-order valence-corrected chi connectivity index (χ4v) is 2.92. The Morgan fingerprint density at radius 3 is 3.10 bits per heavy atom. The maximum absolute atomic E-state index is 11.6.